The van der Waals surface area contributed by atoms with Gasteiger partial charge in [0.15, 0.2) is 0 Å². The van der Waals surface area contributed by atoms with E-state index in [1.807, 2.05) is 19.1 Å². The van der Waals surface area contributed by atoms with Crippen molar-refractivity contribution in [3.63, 3.8) is 0 Å². The van der Waals surface area contributed by atoms with Crippen molar-refractivity contribution in [3.05, 3.63) is 58.1 Å². The van der Waals surface area contributed by atoms with E-state index in [1.165, 1.54) is 0 Å². The number of benzene rings is 2. The maximum atomic E-state index is 12.6. The number of anilines is 1. The van der Waals surface area contributed by atoms with Crippen molar-refractivity contribution in [2.24, 2.45) is 5.92 Å². The van der Waals surface area contributed by atoms with E-state index in [-0.39, 0.29) is 5.91 Å². The van der Waals surface area contributed by atoms with Gasteiger partial charge in [0.05, 0.1) is 13.7 Å². The van der Waals surface area contributed by atoms with Gasteiger partial charge in [-0.2, -0.15) is 0 Å². The number of carbonyl (C=O) groups is 1. The third kappa shape index (κ3) is 5.21. The molecule has 0 radical (unpaired) electrons. The average Bonchev–Trinajstić information content (AvgIpc) is 2.58. The molecule has 0 spiro atoms. The molecule has 0 aliphatic rings. The lowest BCUT2D eigenvalue weighted by Gasteiger charge is -2.13. The molecule has 25 heavy (non-hydrogen) atoms. The van der Waals surface area contributed by atoms with Gasteiger partial charge in [-0.05, 0) is 48.7 Å². The van der Waals surface area contributed by atoms with Gasteiger partial charge in [0, 0.05) is 28.4 Å². The second kappa shape index (κ2) is 8.88. The first-order valence-electron chi connectivity index (χ1n) is 8.23. The molecule has 0 aliphatic heterocycles. The molecule has 0 atom stereocenters. The Balaban J connectivity index is 2.17. The van der Waals surface area contributed by atoms with E-state index in [9.17, 15) is 4.79 Å². The topological polar surface area (TPSA) is 47.6 Å². The second-order valence-electron chi connectivity index (χ2n) is 6.30. The van der Waals surface area contributed by atoms with E-state index >= 15 is 0 Å². The number of carbonyl (C=O) groups excluding carboxylic acids is 1. The minimum atomic E-state index is -0.196. The van der Waals surface area contributed by atoms with Crippen LogP contribution >= 0.6 is 11.6 Å². The molecule has 5 heteroatoms. The summed E-state index contributed by atoms with van der Waals surface area (Å²) in [5.41, 5.74) is 2.93. The zero-order chi connectivity index (χ0) is 18.4. The molecule has 0 fully saturated rings. The largest absolute Gasteiger partial charge is 0.496 e. The molecule has 0 aliphatic carbocycles. The molecular weight excluding hydrogens is 338 g/mol. The summed E-state index contributed by atoms with van der Waals surface area (Å²) in [5.74, 6) is 0.959. The molecule has 2 aromatic carbocycles. The Hall–Kier alpha value is -2.04. The highest BCUT2D eigenvalue weighted by Crippen LogP contribution is 2.25. The fourth-order valence-corrected chi connectivity index (χ4v) is 2.55. The average molecular weight is 362 g/mol. The molecule has 0 heterocycles. The van der Waals surface area contributed by atoms with E-state index in [1.54, 1.807) is 31.4 Å². The van der Waals surface area contributed by atoms with Crippen molar-refractivity contribution < 1.29 is 14.3 Å². The molecule has 134 valence electrons. The van der Waals surface area contributed by atoms with Gasteiger partial charge in [-0.1, -0.05) is 31.5 Å². The summed E-state index contributed by atoms with van der Waals surface area (Å²) in [6.07, 6.45) is 0. The summed E-state index contributed by atoms with van der Waals surface area (Å²) in [6.45, 7) is 7.11. The Labute approximate surface area is 154 Å². The van der Waals surface area contributed by atoms with Crippen LogP contribution in [0.4, 0.5) is 5.69 Å². The highest BCUT2D eigenvalue weighted by Gasteiger charge is 2.12. The molecule has 0 unspecified atom stereocenters. The zero-order valence-corrected chi connectivity index (χ0v) is 15.8. The van der Waals surface area contributed by atoms with Gasteiger partial charge in [0.2, 0.25) is 0 Å². The van der Waals surface area contributed by atoms with Gasteiger partial charge in [-0.15, -0.1) is 0 Å². The molecule has 4 nitrogen and oxygen atoms in total. The minimum absolute atomic E-state index is 0.196. The summed E-state index contributed by atoms with van der Waals surface area (Å²) in [7, 11) is 1.61. The van der Waals surface area contributed by atoms with E-state index in [0.29, 0.717) is 41.2 Å². The first-order chi connectivity index (χ1) is 11.9. The van der Waals surface area contributed by atoms with Crippen LogP contribution in [0.5, 0.6) is 5.75 Å². The Morgan fingerprint density at radius 1 is 1.24 bits per heavy atom. The summed E-state index contributed by atoms with van der Waals surface area (Å²) < 4.78 is 11.0. The molecule has 0 bridgehead atoms. The van der Waals surface area contributed by atoms with E-state index in [4.69, 9.17) is 21.1 Å². The number of nitrogens with one attached hydrogen (secondary N) is 1. The normalized spacial score (nSPS) is 10.8. The van der Waals surface area contributed by atoms with Gasteiger partial charge >= 0.3 is 0 Å². The summed E-state index contributed by atoms with van der Waals surface area (Å²) in [6, 6.07) is 10.8. The molecule has 0 aromatic heterocycles. The highest BCUT2D eigenvalue weighted by atomic mass is 35.5. The lowest BCUT2D eigenvalue weighted by Crippen LogP contribution is -2.13. The van der Waals surface area contributed by atoms with E-state index < -0.39 is 0 Å². The van der Waals surface area contributed by atoms with Gasteiger partial charge in [0.1, 0.15) is 5.75 Å². The predicted octanol–water partition coefficient (Wildman–Crippen LogP) is 5.08. The quantitative estimate of drug-likeness (QED) is 0.747. The molecule has 2 aromatic rings. The molecule has 1 amide bonds. The third-order valence-electron chi connectivity index (χ3n) is 3.77. The van der Waals surface area contributed by atoms with Crippen molar-refractivity contribution >= 4 is 23.2 Å². The van der Waals surface area contributed by atoms with Crippen LogP contribution in [0, 0.1) is 12.8 Å². The number of amides is 1. The van der Waals surface area contributed by atoms with Crippen LogP contribution in [-0.4, -0.2) is 19.6 Å². The maximum Gasteiger partial charge on any atom is 0.255 e. The van der Waals surface area contributed by atoms with Crippen LogP contribution in [0.2, 0.25) is 5.02 Å². The van der Waals surface area contributed by atoms with Crippen LogP contribution < -0.4 is 10.1 Å². The van der Waals surface area contributed by atoms with Crippen molar-refractivity contribution in [2.75, 3.05) is 19.0 Å². The zero-order valence-electron chi connectivity index (χ0n) is 15.1. The Morgan fingerprint density at radius 2 is 2.00 bits per heavy atom. The van der Waals surface area contributed by atoms with E-state index in [0.717, 1.165) is 11.1 Å². The summed E-state index contributed by atoms with van der Waals surface area (Å²) in [5, 5.41) is 3.52. The lowest BCUT2D eigenvalue weighted by molar-refractivity contribution is 0.0952. The van der Waals surface area contributed by atoms with Crippen LogP contribution in [0.25, 0.3) is 0 Å². The van der Waals surface area contributed by atoms with Gasteiger partial charge < -0.3 is 14.8 Å². The van der Waals surface area contributed by atoms with Gasteiger partial charge in [-0.25, -0.2) is 0 Å². The van der Waals surface area contributed by atoms with Crippen molar-refractivity contribution in [1.82, 2.24) is 0 Å². The number of methoxy groups -OCH3 is 1. The number of hydrogen-bond acceptors (Lipinski definition) is 3. The van der Waals surface area contributed by atoms with Crippen molar-refractivity contribution in [2.45, 2.75) is 27.4 Å². The number of halogens is 1. The number of ether oxygens (including phenoxy) is 2. The maximum absolute atomic E-state index is 12.6. The molecule has 2 rings (SSSR count). The first-order valence-corrected chi connectivity index (χ1v) is 8.61. The van der Waals surface area contributed by atoms with Crippen LogP contribution in [0.15, 0.2) is 36.4 Å². The Morgan fingerprint density at radius 3 is 2.68 bits per heavy atom. The van der Waals surface area contributed by atoms with Crippen LogP contribution in [0.1, 0.15) is 35.3 Å². The molecular formula is C20H24ClNO3. The Kier molecular flexibility index (Phi) is 6.85. The molecule has 1 N–H and O–H groups in total. The summed E-state index contributed by atoms with van der Waals surface area (Å²) in [4.78, 5) is 12.6. The highest BCUT2D eigenvalue weighted by molar-refractivity contribution is 6.31. The van der Waals surface area contributed by atoms with Crippen molar-refractivity contribution in [3.8, 4) is 5.75 Å². The number of hydrogen-bond donors (Lipinski definition) is 1. The monoisotopic (exact) mass is 361 g/mol. The fraction of sp³-hybridized carbons (Fsp3) is 0.350. The van der Waals surface area contributed by atoms with Crippen molar-refractivity contribution in [1.29, 1.82) is 0 Å². The van der Waals surface area contributed by atoms with Crippen LogP contribution in [-0.2, 0) is 11.3 Å². The first kappa shape index (κ1) is 19.3. The van der Waals surface area contributed by atoms with Crippen LogP contribution in [0.3, 0.4) is 0 Å². The standard InChI is InChI=1S/C20H24ClNO3/c1-13(2)11-25-12-16-10-15(8-9-19(16)24-4)20(23)22-18-7-5-6-17(21)14(18)3/h5-10,13H,11-12H2,1-4H3,(H,22,23). The lowest BCUT2D eigenvalue weighted by atomic mass is 10.1. The third-order valence-corrected chi connectivity index (χ3v) is 4.18. The molecule has 0 saturated carbocycles. The number of rotatable bonds is 7. The predicted molar refractivity (Wildman–Crippen MR) is 102 cm³/mol. The van der Waals surface area contributed by atoms with Gasteiger partial charge in [-0.3, -0.25) is 4.79 Å². The Bertz CT molecular complexity index is 744. The second-order valence-corrected chi connectivity index (χ2v) is 6.71. The summed E-state index contributed by atoms with van der Waals surface area (Å²) >= 11 is 6.11. The SMILES string of the molecule is COc1ccc(C(=O)Nc2cccc(Cl)c2C)cc1COCC(C)C. The smallest absolute Gasteiger partial charge is 0.255 e. The van der Waals surface area contributed by atoms with Gasteiger partial charge in [0.25, 0.3) is 5.91 Å². The van der Waals surface area contributed by atoms with E-state index in [2.05, 4.69) is 19.2 Å². The fourth-order valence-electron chi connectivity index (χ4n) is 2.37. The molecule has 0 saturated heterocycles. The minimum Gasteiger partial charge on any atom is -0.496 e.